The Hall–Kier alpha value is -0.720. The lowest BCUT2D eigenvalue weighted by Gasteiger charge is -2.13. The highest BCUT2D eigenvalue weighted by atomic mass is 14.5. The largest absolute Gasteiger partial charge is 0.405 e. The molecular formula is C13H25N. The van der Waals surface area contributed by atoms with Crippen LogP contribution in [0.15, 0.2) is 24.4 Å². The van der Waals surface area contributed by atoms with Crippen molar-refractivity contribution in [3.63, 3.8) is 0 Å². The molecule has 0 amide bonds. The first-order valence-electron chi connectivity index (χ1n) is 5.66. The van der Waals surface area contributed by atoms with Crippen molar-refractivity contribution < 1.29 is 0 Å². The summed E-state index contributed by atoms with van der Waals surface area (Å²) in [7, 11) is 0. The van der Waals surface area contributed by atoms with Crippen molar-refractivity contribution in [2.75, 3.05) is 0 Å². The average molecular weight is 195 g/mol. The van der Waals surface area contributed by atoms with Gasteiger partial charge in [0.25, 0.3) is 0 Å². The van der Waals surface area contributed by atoms with Crippen LogP contribution in [0, 0.1) is 17.8 Å². The molecule has 0 aliphatic heterocycles. The number of nitrogens with two attached hydrogens (primary N) is 1. The Bertz CT molecular complexity index is 182. The van der Waals surface area contributed by atoms with Crippen LogP contribution in [-0.2, 0) is 0 Å². The summed E-state index contributed by atoms with van der Waals surface area (Å²) < 4.78 is 0. The van der Waals surface area contributed by atoms with Crippen LogP contribution in [0.3, 0.4) is 0 Å². The van der Waals surface area contributed by atoms with Gasteiger partial charge in [-0.1, -0.05) is 52.3 Å². The van der Waals surface area contributed by atoms with Gasteiger partial charge in [0.1, 0.15) is 0 Å². The van der Waals surface area contributed by atoms with Crippen LogP contribution in [0.5, 0.6) is 0 Å². The maximum atomic E-state index is 5.33. The van der Waals surface area contributed by atoms with Crippen LogP contribution >= 0.6 is 0 Å². The van der Waals surface area contributed by atoms with E-state index in [9.17, 15) is 0 Å². The number of allylic oxidation sites excluding steroid dienone is 3. The summed E-state index contributed by atoms with van der Waals surface area (Å²) in [5, 5.41) is 0. The summed E-state index contributed by atoms with van der Waals surface area (Å²) in [4.78, 5) is 0. The first-order chi connectivity index (χ1) is 6.61. The van der Waals surface area contributed by atoms with Gasteiger partial charge in [0.05, 0.1) is 0 Å². The van der Waals surface area contributed by atoms with Gasteiger partial charge >= 0.3 is 0 Å². The van der Waals surface area contributed by atoms with E-state index in [1.54, 1.807) is 6.20 Å². The van der Waals surface area contributed by atoms with Crippen LogP contribution < -0.4 is 5.73 Å². The smallest absolute Gasteiger partial charge is 0.0100 e. The normalized spacial score (nSPS) is 18.9. The lowest BCUT2D eigenvalue weighted by molar-refractivity contribution is 0.445. The van der Waals surface area contributed by atoms with Gasteiger partial charge in [0.2, 0.25) is 0 Å². The van der Waals surface area contributed by atoms with Crippen LogP contribution in [0.4, 0.5) is 0 Å². The summed E-state index contributed by atoms with van der Waals surface area (Å²) in [6.45, 7) is 9.02. The Kier molecular flexibility index (Phi) is 7.27. The molecule has 0 aromatic carbocycles. The second-order valence-corrected chi connectivity index (χ2v) is 4.27. The molecule has 0 aliphatic rings. The molecule has 0 radical (unpaired) electrons. The van der Waals surface area contributed by atoms with Gasteiger partial charge < -0.3 is 5.73 Å². The molecule has 14 heavy (non-hydrogen) atoms. The highest BCUT2D eigenvalue weighted by Crippen LogP contribution is 2.16. The average Bonchev–Trinajstić information content (AvgIpc) is 2.16. The molecule has 0 rings (SSSR count). The summed E-state index contributed by atoms with van der Waals surface area (Å²) >= 11 is 0. The lowest BCUT2D eigenvalue weighted by atomic mass is 9.92. The summed E-state index contributed by atoms with van der Waals surface area (Å²) in [6, 6.07) is 0. The Labute approximate surface area is 89.1 Å². The Morgan fingerprint density at radius 1 is 1.14 bits per heavy atom. The predicted molar refractivity (Wildman–Crippen MR) is 64.9 cm³/mol. The summed E-state index contributed by atoms with van der Waals surface area (Å²) in [5.41, 5.74) is 5.33. The second-order valence-electron chi connectivity index (χ2n) is 4.27. The van der Waals surface area contributed by atoms with Crippen molar-refractivity contribution in [2.24, 2.45) is 23.5 Å². The molecule has 0 bridgehead atoms. The molecule has 0 heterocycles. The molecule has 3 atom stereocenters. The molecule has 0 aromatic rings. The summed E-state index contributed by atoms with van der Waals surface area (Å²) in [6.07, 6.45) is 10.6. The van der Waals surface area contributed by atoms with E-state index in [0.717, 1.165) is 12.3 Å². The highest BCUT2D eigenvalue weighted by molar-refractivity contribution is 4.93. The van der Waals surface area contributed by atoms with Crippen molar-refractivity contribution in [1.82, 2.24) is 0 Å². The zero-order valence-corrected chi connectivity index (χ0v) is 10.0. The second kappa shape index (κ2) is 7.66. The topological polar surface area (TPSA) is 26.0 Å². The minimum Gasteiger partial charge on any atom is -0.405 e. The van der Waals surface area contributed by atoms with Gasteiger partial charge in [-0.15, -0.1) is 0 Å². The standard InChI is InChI=1S/C13H25N/c1-5-12(3)13(4)8-6-7-11(2)9-10-14/h6,8-13H,5,7,14H2,1-4H3/b8-6-,10-9-. The molecular weight excluding hydrogens is 170 g/mol. The third-order valence-corrected chi connectivity index (χ3v) is 2.93. The number of hydrogen-bond donors (Lipinski definition) is 1. The first kappa shape index (κ1) is 13.3. The van der Waals surface area contributed by atoms with Crippen molar-refractivity contribution in [3.05, 3.63) is 24.4 Å². The van der Waals surface area contributed by atoms with Crippen LogP contribution in [0.1, 0.15) is 40.5 Å². The third kappa shape index (κ3) is 5.85. The van der Waals surface area contributed by atoms with Gasteiger partial charge in [-0.05, 0) is 30.4 Å². The minimum atomic E-state index is 0.556. The van der Waals surface area contributed by atoms with Crippen molar-refractivity contribution >= 4 is 0 Å². The molecule has 0 saturated heterocycles. The zero-order chi connectivity index (χ0) is 11.0. The number of rotatable bonds is 6. The van der Waals surface area contributed by atoms with Gasteiger partial charge in [-0.25, -0.2) is 0 Å². The molecule has 82 valence electrons. The van der Waals surface area contributed by atoms with E-state index >= 15 is 0 Å². The summed E-state index contributed by atoms with van der Waals surface area (Å²) in [5.74, 6) is 2.03. The first-order valence-corrected chi connectivity index (χ1v) is 5.66. The van der Waals surface area contributed by atoms with Crippen LogP contribution in [0.2, 0.25) is 0 Å². The SMILES string of the molecule is CCC(C)C(C)/C=C\CC(C)/C=C\N. The van der Waals surface area contributed by atoms with Crippen molar-refractivity contribution in [2.45, 2.75) is 40.5 Å². The minimum absolute atomic E-state index is 0.556. The van der Waals surface area contributed by atoms with E-state index in [-0.39, 0.29) is 0 Å². The van der Waals surface area contributed by atoms with Gasteiger partial charge in [0, 0.05) is 0 Å². The monoisotopic (exact) mass is 195 g/mol. The molecule has 1 heteroatoms. The van der Waals surface area contributed by atoms with Crippen LogP contribution in [0.25, 0.3) is 0 Å². The molecule has 2 N–H and O–H groups in total. The van der Waals surface area contributed by atoms with Crippen LogP contribution in [-0.4, -0.2) is 0 Å². The molecule has 0 saturated carbocycles. The molecule has 0 aliphatic carbocycles. The van der Waals surface area contributed by atoms with E-state index in [4.69, 9.17) is 5.73 Å². The maximum absolute atomic E-state index is 5.33. The third-order valence-electron chi connectivity index (χ3n) is 2.93. The zero-order valence-electron chi connectivity index (χ0n) is 10.0. The predicted octanol–water partition coefficient (Wildman–Crippen LogP) is 3.72. The maximum Gasteiger partial charge on any atom is -0.0100 e. The Morgan fingerprint density at radius 2 is 1.79 bits per heavy atom. The van der Waals surface area contributed by atoms with E-state index in [1.807, 2.05) is 6.08 Å². The molecule has 0 spiro atoms. The highest BCUT2D eigenvalue weighted by Gasteiger charge is 2.05. The molecule has 1 nitrogen and oxygen atoms in total. The molecule has 3 unspecified atom stereocenters. The van der Waals surface area contributed by atoms with Gasteiger partial charge in [-0.2, -0.15) is 0 Å². The Morgan fingerprint density at radius 3 is 2.29 bits per heavy atom. The Balaban J connectivity index is 3.81. The fourth-order valence-corrected chi connectivity index (χ4v) is 1.34. The van der Waals surface area contributed by atoms with Crippen molar-refractivity contribution in [1.29, 1.82) is 0 Å². The fraction of sp³-hybridized carbons (Fsp3) is 0.692. The quantitative estimate of drug-likeness (QED) is 0.642. The van der Waals surface area contributed by atoms with E-state index in [0.29, 0.717) is 11.8 Å². The number of hydrogen-bond acceptors (Lipinski definition) is 1. The fourth-order valence-electron chi connectivity index (χ4n) is 1.34. The molecule has 0 fully saturated rings. The van der Waals surface area contributed by atoms with E-state index < -0.39 is 0 Å². The lowest BCUT2D eigenvalue weighted by Crippen LogP contribution is -2.03. The van der Waals surface area contributed by atoms with Gasteiger partial charge in [0.15, 0.2) is 0 Å². The van der Waals surface area contributed by atoms with Gasteiger partial charge in [-0.3, -0.25) is 0 Å². The van der Waals surface area contributed by atoms with Crippen molar-refractivity contribution in [3.8, 4) is 0 Å². The van der Waals surface area contributed by atoms with E-state index in [1.165, 1.54) is 6.42 Å². The van der Waals surface area contributed by atoms with E-state index in [2.05, 4.69) is 39.8 Å². The molecule has 0 aromatic heterocycles.